The maximum absolute atomic E-state index is 6.42. The Bertz CT molecular complexity index is 854. The van der Waals surface area contributed by atoms with Crippen LogP contribution in [0.5, 0.6) is 0 Å². The molecule has 3 aromatic rings. The van der Waals surface area contributed by atoms with Crippen LogP contribution in [0.15, 0.2) is 28.8 Å². The van der Waals surface area contributed by atoms with Gasteiger partial charge in [-0.15, -0.1) is 0 Å². The van der Waals surface area contributed by atoms with E-state index in [4.69, 9.17) is 21.2 Å². The standard InChI is InChI=1S/C17H19ClN4O/c1-11-9-16(23-20-11)14-7-4-8-22(14)10-13-17-12(18)5-3-6-15(17)21(2)19-13/h3,5-6,9,14H,4,7-8,10H2,1-2H3. The molecule has 0 bridgehead atoms. The van der Waals surface area contributed by atoms with Gasteiger partial charge in [-0.2, -0.15) is 5.10 Å². The Kier molecular flexibility index (Phi) is 3.62. The Labute approximate surface area is 139 Å². The third kappa shape index (κ3) is 2.54. The Morgan fingerprint density at radius 2 is 2.26 bits per heavy atom. The molecule has 1 aromatic carbocycles. The van der Waals surface area contributed by atoms with Crippen LogP contribution in [0, 0.1) is 6.92 Å². The third-order valence-electron chi connectivity index (χ3n) is 4.59. The van der Waals surface area contributed by atoms with E-state index in [9.17, 15) is 0 Å². The average Bonchev–Trinajstić information content (AvgIpc) is 3.21. The van der Waals surface area contributed by atoms with Crippen LogP contribution in [-0.2, 0) is 13.6 Å². The summed E-state index contributed by atoms with van der Waals surface area (Å²) in [5.74, 6) is 0.950. The molecule has 120 valence electrons. The number of aromatic nitrogens is 3. The maximum Gasteiger partial charge on any atom is 0.154 e. The second-order valence-electron chi connectivity index (χ2n) is 6.20. The van der Waals surface area contributed by atoms with Gasteiger partial charge >= 0.3 is 0 Å². The van der Waals surface area contributed by atoms with Crippen molar-refractivity contribution in [2.75, 3.05) is 6.54 Å². The number of fused-ring (bicyclic) bond motifs is 1. The summed E-state index contributed by atoms with van der Waals surface area (Å²) in [5.41, 5.74) is 3.02. The fourth-order valence-electron chi connectivity index (χ4n) is 3.53. The first-order valence-corrected chi connectivity index (χ1v) is 8.28. The lowest BCUT2D eigenvalue weighted by Gasteiger charge is -2.21. The minimum Gasteiger partial charge on any atom is -0.359 e. The van der Waals surface area contributed by atoms with Crippen molar-refractivity contribution in [3.05, 3.63) is 46.4 Å². The molecule has 1 aliphatic rings. The first-order valence-electron chi connectivity index (χ1n) is 7.91. The highest BCUT2D eigenvalue weighted by Gasteiger charge is 2.30. The largest absolute Gasteiger partial charge is 0.359 e. The normalized spacial score (nSPS) is 19.0. The van der Waals surface area contributed by atoms with Crippen LogP contribution >= 0.6 is 11.6 Å². The van der Waals surface area contributed by atoms with Crippen molar-refractivity contribution in [2.45, 2.75) is 32.4 Å². The summed E-state index contributed by atoms with van der Waals surface area (Å²) >= 11 is 6.42. The molecule has 1 aliphatic heterocycles. The summed E-state index contributed by atoms with van der Waals surface area (Å²) < 4.78 is 7.39. The Hall–Kier alpha value is -1.85. The van der Waals surface area contributed by atoms with E-state index < -0.39 is 0 Å². The lowest BCUT2D eigenvalue weighted by molar-refractivity contribution is 0.205. The number of halogens is 1. The zero-order valence-corrected chi connectivity index (χ0v) is 14.0. The summed E-state index contributed by atoms with van der Waals surface area (Å²) in [5, 5.41) is 10.5. The average molecular weight is 331 g/mol. The van der Waals surface area contributed by atoms with Gasteiger partial charge in [-0.25, -0.2) is 0 Å². The number of nitrogens with zero attached hydrogens (tertiary/aromatic N) is 4. The molecule has 1 saturated heterocycles. The highest BCUT2D eigenvalue weighted by molar-refractivity contribution is 6.35. The minimum atomic E-state index is 0.274. The van der Waals surface area contributed by atoms with E-state index >= 15 is 0 Å². The first kappa shape index (κ1) is 14.7. The van der Waals surface area contributed by atoms with Gasteiger partial charge in [0.05, 0.1) is 28.0 Å². The van der Waals surface area contributed by atoms with Gasteiger partial charge in [0.15, 0.2) is 5.76 Å². The number of hydrogen-bond donors (Lipinski definition) is 0. The van der Waals surface area contributed by atoms with Crippen LogP contribution < -0.4 is 0 Å². The number of hydrogen-bond acceptors (Lipinski definition) is 4. The van der Waals surface area contributed by atoms with E-state index in [2.05, 4.69) is 16.1 Å². The van der Waals surface area contributed by atoms with E-state index in [1.54, 1.807) is 0 Å². The van der Waals surface area contributed by atoms with Crippen molar-refractivity contribution in [3.8, 4) is 0 Å². The van der Waals surface area contributed by atoms with Gasteiger partial charge in [0, 0.05) is 25.0 Å². The van der Waals surface area contributed by atoms with E-state index in [0.29, 0.717) is 0 Å². The molecule has 3 heterocycles. The molecular formula is C17H19ClN4O. The molecule has 0 radical (unpaired) electrons. The van der Waals surface area contributed by atoms with Crippen molar-refractivity contribution >= 4 is 22.5 Å². The van der Waals surface area contributed by atoms with Crippen LogP contribution in [0.4, 0.5) is 0 Å². The smallest absolute Gasteiger partial charge is 0.154 e. The van der Waals surface area contributed by atoms with Gasteiger partial charge in [-0.3, -0.25) is 9.58 Å². The Balaban J connectivity index is 1.67. The van der Waals surface area contributed by atoms with Crippen molar-refractivity contribution in [2.24, 2.45) is 7.05 Å². The molecule has 0 aliphatic carbocycles. The SMILES string of the molecule is Cc1cc(C2CCCN2Cc2nn(C)c3cccc(Cl)c23)on1. The van der Waals surface area contributed by atoms with Crippen molar-refractivity contribution in [1.82, 2.24) is 19.8 Å². The molecule has 1 unspecified atom stereocenters. The highest BCUT2D eigenvalue weighted by Crippen LogP contribution is 2.35. The van der Waals surface area contributed by atoms with E-state index in [1.165, 1.54) is 0 Å². The Morgan fingerprint density at radius 3 is 3.04 bits per heavy atom. The first-order chi connectivity index (χ1) is 11.1. The maximum atomic E-state index is 6.42. The summed E-state index contributed by atoms with van der Waals surface area (Å²) in [6, 6.07) is 8.25. The van der Waals surface area contributed by atoms with E-state index in [-0.39, 0.29) is 6.04 Å². The molecule has 2 aromatic heterocycles. The lowest BCUT2D eigenvalue weighted by Crippen LogP contribution is -2.23. The second-order valence-corrected chi connectivity index (χ2v) is 6.61. The summed E-state index contributed by atoms with van der Waals surface area (Å²) in [6.45, 7) is 3.76. The minimum absolute atomic E-state index is 0.274. The third-order valence-corrected chi connectivity index (χ3v) is 4.91. The molecule has 6 heteroatoms. The van der Waals surface area contributed by atoms with Gasteiger partial charge in [0.25, 0.3) is 0 Å². The predicted octanol–water partition coefficient (Wildman–Crippen LogP) is 3.86. The molecule has 0 saturated carbocycles. The molecular weight excluding hydrogens is 312 g/mol. The second kappa shape index (κ2) is 5.65. The van der Waals surface area contributed by atoms with E-state index in [0.717, 1.165) is 59.0 Å². The van der Waals surface area contributed by atoms with Gasteiger partial charge < -0.3 is 4.52 Å². The van der Waals surface area contributed by atoms with E-state index in [1.807, 2.05) is 36.9 Å². The molecule has 0 amide bonds. The van der Waals surface area contributed by atoms with Crippen molar-refractivity contribution in [3.63, 3.8) is 0 Å². The number of aryl methyl sites for hydroxylation is 2. The van der Waals surface area contributed by atoms with Gasteiger partial charge in [-0.1, -0.05) is 22.8 Å². The zero-order chi connectivity index (χ0) is 16.0. The van der Waals surface area contributed by atoms with Crippen molar-refractivity contribution in [1.29, 1.82) is 0 Å². The number of rotatable bonds is 3. The molecule has 1 fully saturated rings. The molecule has 4 rings (SSSR count). The predicted molar refractivity (Wildman–Crippen MR) is 89.3 cm³/mol. The molecule has 5 nitrogen and oxygen atoms in total. The summed E-state index contributed by atoms with van der Waals surface area (Å²) in [4.78, 5) is 2.41. The topological polar surface area (TPSA) is 47.1 Å². The summed E-state index contributed by atoms with van der Waals surface area (Å²) in [7, 11) is 1.96. The zero-order valence-electron chi connectivity index (χ0n) is 13.3. The number of likely N-dealkylation sites (tertiary alicyclic amines) is 1. The van der Waals surface area contributed by atoms with Crippen molar-refractivity contribution < 1.29 is 4.52 Å². The monoisotopic (exact) mass is 330 g/mol. The quantitative estimate of drug-likeness (QED) is 0.731. The molecule has 1 atom stereocenters. The van der Waals surface area contributed by atoms with Crippen LogP contribution in [0.25, 0.3) is 10.9 Å². The molecule has 0 spiro atoms. The van der Waals surface area contributed by atoms with Gasteiger partial charge in [-0.05, 0) is 38.4 Å². The fourth-order valence-corrected chi connectivity index (χ4v) is 3.81. The van der Waals surface area contributed by atoms with Crippen LogP contribution in [0.2, 0.25) is 5.02 Å². The summed E-state index contributed by atoms with van der Waals surface area (Å²) in [6.07, 6.45) is 2.25. The van der Waals surface area contributed by atoms with Crippen LogP contribution in [0.3, 0.4) is 0 Å². The van der Waals surface area contributed by atoms with Crippen LogP contribution in [0.1, 0.15) is 36.0 Å². The highest BCUT2D eigenvalue weighted by atomic mass is 35.5. The molecule has 0 N–H and O–H groups in total. The van der Waals surface area contributed by atoms with Gasteiger partial charge in [0.1, 0.15) is 0 Å². The van der Waals surface area contributed by atoms with Crippen LogP contribution in [-0.4, -0.2) is 26.4 Å². The van der Waals surface area contributed by atoms with Gasteiger partial charge in [0.2, 0.25) is 0 Å². The molecule has 23 heavy (non-hydrogen) atoms. The lowest BCUT2D eigenvalue weighted by atomic mass is 10.1. The number of benzene rings is 1. The fraction of sp³-hybridized carbons (Fsp3) is 0.412. The Morgan fingerprint density at radius 1 is 1.39 bits per heavy atom.